The maximum Gasteiger partial charge on any atom is 0.396 e. The Hall–Kier alpha value is -2.75. The quantitative estimate of drug-likeness (QED) is 0.616. The standard InChI is InChI=1S/C19H24N2O5/c1-19(11-20,12-21-17(22)18(23)25-3)13-8-9-15(24-2)16(10-13)26-14-6-4-5-7-14/h8-10,14H,4-7,12H2,1-3H3,(H,21,22). The number of amides is 1. The number of hydrogen-bond donors (Lipinski definition) is 1. The second kappa shape index (κ2) is 8.56. The molecule has 1 aromatic rings. The molecule has 1 unspecified atom stereocenters. The SMILES string of the molecule is COC(=O)C(=O)NCC(C)(C#N)c1ccc(OC)c(OC2CCCC2)c1. The summed E-state index contributed by atoms with van der Waals surface area (Å²) in [5.74, 6) is -0.701. The number of ether oxygens (including phenoxy) is 3. The van der Waals surface area contributed by atoms with Crippen molar-refractivity contribution < 1.29 is 23.8 Å². The molecule has 0 radical (unpaired) electrons. The number of hydrogen-bond acceptors (Lipinski definition) is 6. The number of nitriles is 1. The van der Waals surface area contributed by atoms with Crippen LogP contribution in [-0.2, 0) is 19.7 Å². The van der Waals surface area contributed by atoms with Crippen LogP contribution in [0.2, 0.25) is 0 Å². The van der Waals surface area contributed by atoms with Crippen LogP contribution in [-0.4, -0.2) is 38.7 Å². The van der Waals surface area contributed by atoms with Crippen molar-refractivity contribution in [1.29, 1.82) is 5.26 Å². The van der Waals surface area contributed by atoms with E-state index in [1.807, 2.05) is 0 Å². The van der Waals surface area contributed by atoms with Crippen molar-refractivity contribution in [2.24, 2.45) is 0 Å². The van der Waals surface area contributed by atoms with E-state index < -0.39 is 17.3 Å². The summed E-state index contributed by atoms with van der Waals surface area (Å²) in [4.78, 5) is 22.9. The Morgan fingerprint density at radius 3 is 2.54 bits per heavy atom. The molecule has 7 nitrogen and oxygen atoms in total. The highest BCUT2D eigenvalue weighted by Gasteiger charge is 2.30. The Labute approximate surface area is 153 Å². The van der Waals surface area contributed by atoms with Crippen molar-refractivity contribution in [1.82, 2.24) is 5.32 Å². The van der Waals surface area contributed by atoms with Crippen LogP contribution in [0.25, 0.3) is 0 Å². The first kappa shape index (κ1) is 19.6. The van der Waals surface area contributed by atoms with Crippen LogP contribution in [0.1, 0.15) is 38.2 Å². The molecule has 1 aliphatic rings. The molecule has 26 heavy (non-hydrogen) atoms. The fourth-order valence-corrected chi connectivity index (χ4v) is 2.93. The minimum absolute atomic E-state index is 0.0351. The lowest BCUT2D eigenvalue weighted by Crippen LogP contribution is -2.41. The lowest BCUT2D eigenvalue weighted by Gasteiger charge is -2.24. The molecule has 1 aromatic carbocycles. The van der Waals surface area contributed by atoms with Gasteiger partial charge in [-0.15, -0.1) is 0 Å². The lowest BCUT2D eigenvalue weighted by atomic mass is 9.83. The van der Waals surface area contributed by atoms with Gasteiger partial charge in [0, 0.05) is 6.54 Å². The molecular weight excluding hydrogens is 336 g/mol. The highest BCUT2D eigenvalue weighted by Crippen LogP contribution is 2.35. The molecule has 1 fully saturated rings. The zero-order valence-corrected chi connectivity index (χ0v) is 15.3. The second-order valence-corrected chi connectivity index (χ2v) is 6.51. The third-order valence-corrected chi connectivity index (χ3v) is 4.62. The molecule has 0 heterocycles. The fraction of sp³-hybridized carbons (Fsp3) is 0.526. The summed E-state index contributed by atoms with van der Waals surface area (Å²) in [5, 5.41) is 12.1. The average Bonchev–Trinajstić information content (AvgIpc) is 3.18. The average molecular weight is 360 g/mol. The van der Waals surface area contributed by atoms with Crippen molar-refractivity contribution in [3.8, 4) is 17.6 Å². The van der Waals surface area contributed by atoms with Gasteiger partial charge in [0.05, 0.1) is 31.8 Å². The highest BCUT2D eigenvalue weighted by atomic mass is 16.5. The Kier molecular flexibility index (Phi) is 6.45. The summed E-state index contributed by atoms with van der Waals surface area (Å²) in [7, 11) is 2.69. The van der Waals surface area contributed by atoms with E-state index in [1.54, 1.807) is 32.2 Å². The van der Waals surface area contributed by atoms with Gasteiger partial charge in [-0.05, 0) is 50.3 Å². The zero-order chi connectivity index (χ0) is 19.2. The molecule has 1 atom stereocenters. The first-order chi connectivity index (χ1) is 12.4. The molecule has 1 aliphatic carbocycles. The van der Waals surface area contributed by atoms with E-state index >= 15 is 0 Å². The number of rotatable bonds is 6. The van der Waals surface area contributed by atoms with Crippen molar-refractivity contribution in [3.05, 3.63) is 23.8 Å². The van der Waals surface area contributed by atoms with Gasteiger partial charge in [-0.2, -0.15) is 5.26 Å². The first-order valence-electron chi connectivity index (χ1n) is 8.56. The van der Waals surface area contributed by atoms with Crippen molar-refractivity contribution >= 4 is 11.9 Å². The maximum absolute atomic E-state index is 11.6. The van der Waals surface area contributed by atoms with Gasteiger partial charge >= 0.3 is 11.9 Å². The summed E-state index contributed by atoms with van der Waals surface area (Å²) < 4.78 is 15.8. The van der Waals surface area contributed by atoms with Crippen LogP contribution in [0.15, 0.2) is 18.2 Å². The third kappa shape index (κ3) is 4.45. The van der Waals surface area contributed by atoms with Crippen molar-refractivity contribution in [2.75, 3.05) is 20.8 Å². The zero-order valence-electron chi connectivity index (χ0n) is 15.3. The molecule has 1 N–H and O–H groups in total. The molecule has 1 amide bonds. The predicted molar refractivity (Wildman–Crippen MR) is 93.9 cm³/mol. The maximum atomic E-state index is 11.6. The third-order valence-electron chi connectivity index (χ3n) is 4.62. The second-order valence-electron chi connectivity index (χ2n) is 6.51. The van der Waals surface area contributed by atoms with E-state index in [0.717, 1.165) is 32.8 Å². The van der Waals surface area contributed by atoms with Crippen LogP contribution in [0.4, 0.5) is 0 Å². The van der Waals surface area contributed by atoms with Gasteiger partial charge in [0.1, 0.15) is 0 Å². The highest BCUT2D eigenvalue weighted by molar-refractivity contribution is 6.32. The summed E-state index contributed by atoms with van der Waals surface area (Å²) in [6.45, 7) is 1.65. The summed E-state index contributed by atoms with van der Waals surface area (Å²) in [6.07, 6.45) is 4.42. The van der Waals surface area contributed by atoms with Gasteiger partial charge < -0.3 is 19.5 Å². The lowest BCUT2D eigenvalue weighted by molar-refractivity contribution is -0.152. The molecule has 0 aliphatic heterocycles. The first-order valence-corrected chi connectivity index (χ1v) is 8.56. The van der Waals surface area contributed by atoms with Crippen LogP contribution < -0.4 is 14.8 Å². The number of nitrogens with zero attached hydrogens (tertiary/aromatic N) is 1. The van der Waals surface area contributed by atoms with E-state index in [4.69, 9.17) is 9.47 Å². The van der Waals surface area contributed by atoms with Gasteiger partial charge in [0.2, 0.25) is 0 Å². The minimum Gasteiger partial charge on any atom is -0.493 e. The summed E-state index contributed by atoms with van der Waals surface area (Å²) >= 11 is 0. The van der Waals surface area contributed by atoms with E-state index in [0.29, 0.717) is 17.1 Å². The van der Waals surface area contributed by atoms with Crippen LogP contribution in [0.3, 0.4) is 0 Å². The van der Waals surface area contributed by atoms with E-state index in [1.165, 1.54) is 0 Å². The van der Waals surface area contributed by atoms with Crippen molar-refractivity contribution in [2.45, 2.75) is 44.1 Å². The van der Waals surface area contributed by atoms with Crippen LogP contribution >= 0.6 is 0 Å². The van der Waals surface area contributed by atoms with Crippen LogP contribution in [0.5, 0.6) is 11.5 Å². The molecule has 0 saturated heterocycles. The number of esters is 1. The molecule has 7 heteroatoms. The number of carbonyl (C=O) groups excluding carboxylic acids is 2. The Morgan fingerprint density at radius 1 is 1.27 bits per heavy atom. The van der Waals surface area contributed by atoms with Gasteiger partial charge in [-0.3, -0.25) is 4.79 Å². The smallest absolute Gasteiger partial charge is 0.396 e. The van der Waals surface area contributed by atoms with Gasteiger partial charge in [0.25, 0.3) is 0 Å². The predicted octanol–water partition coefficient (Wildman–Crippen LogP) is 2.09. The molecule has 0 bridgehead atoms. The monoisotopic (exact) mass is 360 g/mol. The molecule has 1 saturated carbocycles. The summed E-state index contributed by atoms with van der Waals surface area (Å²) in [6, 6.07) is 7.48. The number of methoxy groups -OCH3 is 2. The topological polar surface area (TPSA) is 97.7 Å². The van der Waals surface area contributed by atoms with Gasteiger partial charge in [-0.25, -0.2) is 4.79 Å². The summed E-state index contributed by atoms with van der Waals surface area (Å²) in [5.41, 5.74) is -0.372. The van der Waals surface area contributed by atoms with E-state index in [9.17, 15) is 14.9 Å². The normalized spacial score (nSPS) is 16.2. The molecule has 0 spiro atoms. The number of nitrogens with one attached hydrogen (secondary N) is 1. The van der Waals surface area contributed by atoms with E-state index in [2.05, 4.69) is 16.1 Å². The fourth-order valence-electron chi connectivity index (χ4n) is 2.93. The largest absolute Gasteiger partial charge is 0.493 e. The Morgan fingerprint density at radius 2 is 1.96 bits per heavy atom. The minimum atomic E-state index is -1.04. The van der Waals surface area contributed by atoms with Gasteiger partial charge in [-0.1, -0.05) is 6.07 Å². The van der Waals surface area contributed by atoms with Crippen molar-refractivity contribution in [3.63, 3.8) is 0 Å². The molecule has 0 aromatic heterocycles. The Balaban J connectivity index is 2.21. The molecule has 140 valence electrons. The number of carbonyl (C=O) groups is 2. The molecule has 2 rings (SSSR count). The molecular formula is C19H24N2O5. The Bertz CT molecular complexity index is 706. The van der Waals surface area contributed by atoms with E-state index in [-0.39, 0.29) is 12.6 Å². The van der Waals surface area contributed by atoms with Gasteiger partial charge in [0.15, 0.2) is 11.5 Å². The number of benzene rings is 1. The van der Waals surface area contributed by atoms with Crippen LogP contribution in [0, 0.1) is 11.3 Å².